The fraction of sp³-hybridized carbons (Fsp3) is 0.105. The van der Waals surface area contributed by atoms with E-state index in [0.717, 1.165) is 27.9 Å². The lowest BCUT2D eigenvalue weighted by molar-refractivity contribution is 0.102. The zero-order chi connectivity index (χ0) is 19.7. The summed E-state index contributed by atoms with van der Waals surface area (Å²) in [7, 11) is 0. The van der Waals surface area contributed by atoms with E-state index in [9.17, 15) is 13.6 Å². The number of thiazole rings is 1. The molecule has 2 N–H and O–H groups in total. The van der Waals surface area contributed by atoms with Crippen LogP contribution >= 0.6 is 23.1 Å². The van der Waals surface area contributed by atoms with Gasteiger partial charge < -0.3 is 4.98 Å². The molecule has 0 bridgehead atoms. The number of thioether (sulfide) groups is 1. The van der Waals surface area contributed by atoms with Gasteiger partial charge in [0.25, 0.3) is 11.7 Å². The number of alkyl halides is 2. The molecule has 1 amide bonds. The fourth-order valence-electron chi connectivity index (χ4n) is 2.96. The number of carbonyl (C=O) groups excluding carboxylic acids is 1. The van der Waals surface area contributed by atoms with E-state index >= 15 is 0 Å². The number of nitrogens with zero attached hydrogens (tertiary/aromatic N) is 2. The molecule has 0 atom stereocenters. The second kappa shape index (κ2) is 7.69. The Kier molecular flexibility index (Phi) is 5.10. The van der Waals surface area contributed by atoms with E-state index in [1.54, 1.807) is 0 Å². The van der Waals surface area contributed by atoms with Crippen molar-refractivity contribution in [2.75, 3.05) is 5.32 Å². The Morgan fingerprint density at radius 1 is 1.25 bits per heavy atom. The highest BCUT2D eigenvalue weighted by Crippen LogP contribution is 2.34. The van der Waals surface area contributed by atoms with Crippen molar-refractivity contribution in [1.29, 1.82) is 0 Å². The summed E-state index contributed by atoms with van der Waals surface area (Å²) >= 11 is 1.52. The molecule has 0 aliphatic carbocycles. The summed E-state index contributed by atoms with van der Waals surface area (Å²) in [5, 5.41) is 5.96. The molecule has 0 saturated heterocycles. The van der Waals surface area contributed by atoms with Crippen molar-refractivity contribution in [3.63, 3.8) is 0 Å². The fourth-order valence-corrected chi connectivity index (χ4v) is 4.23. The number of amides is 1. The summed E-state index contributed by atoms with van der Waals surface area (Å²) in [5.74, 6) is -3.18. The standard InChI is InChI=1S/C19H14F2N4OS2/c1-10-15(11-5-2-3-7-13(11)23-10)14-9-27-19(24-14)25-16(26)12-6-4-8-22-17(12)28-18(20)21/h2-9,18,23H,1H3,(H,24,25,26). The van der Waals surface area contributed by atoms with E-state index in [0.29, 0.717) is 5.13 Å². The number of aromatic nitrogens is 3. The zero-order valence-electron chi connectivity index (χ0n) is 14.6. The SMILES string of the molecule is Cc1[nH]c2ccccc2c1-c1csc(NC(=O)c2cccnc2SC(F)F)n1. The molecule has 0 fully saturated rings. The summed E-state index contributed by atoms with van der Waals surface area (Å²) in [6.07, 6.45) is 1.38. The Morgan fingerprint density at radius 2 is 2.07 bits per heavy atom. The highest BCUT2D eigenvalue weighted by Gasteiger charge is 2.19. The second-order valence-corrected chi connectivity index (χ2v) is 7.73. The Bertz CT molecular complexity index is 1160. The Labute approximate surface area is 167 Å². The molecule has 5 nitrogen and oxygen atoms in total. The zero-order valence-corrected chi connectivity index (χ0v) is 16.2. The van der Waals surface area contributed by atoms with Crippen molar-refractivity contribution < 1.29 is 13.6 Å². The van der Waals surface area contributed by atoms with E-state index in [4.69, 9.17) is 0 Å². The Morgan fingerprint density at radius 3 is 2.89 bits per heavy atom. The highest BCUT2D eigenvalue weighted by atomic mass is 32.2. The van der Waals surface area contributed by atoms with Gasteiger partial charge in [0.1, 0.15) is 5.03 Å². The lowest BCUT2D eigenvalue weighted by atomic mass is 10.1. The number of halogens is 2. The number of anilines is 1. The van der Waals surface area contributed by atoms with Gasteiger partial charge in [-0.05, 0) is 36.9 Å². The summed E-state index contributed by atoms with van der Waals surface area (Å²) in [6, 6.07) is 10.9. The number of fused-ring (bicyclic) bond motifs is 1. The van der Waals surface area contributed by atoms with E-state index in [2.05, 4.69) is 20.3 Å². The number of pyridine rings is 1. The first-order valence-corrected chi connectivity index (χ1v) is 10.0. The van der Waals surface area contributed by atoms with Crippen molar-refractivity contribution in [3.8, 4) is 11.3 Å². The lowest BCUT2D eigenvalue weighted by Crippen LogP contribution is -2.13. The van der Waals surface area contributed by atoms with Crippen molar-refractivity contribution in [2.24, 2.45) is 0 Å². The molecule has 1 aromatic carbocycles. The number of benzene rings is 1. The third-order valence-corrected chi connectivity index (χ3v) is 5.58. The van der Waals surface area contributed by atoms with Crippen LogP contribution < -0.4 is 5.32 Å². The molecule has 0 aliphatic heterocycles. The third-order valence-electron chi connectivity index (χ3n) is 4.09. The minimum absolute atomic E-state index is 0.0146. The number of aromatic amines is 1. The molecule has 4 aromatic rings. The topological polar surface area (TPSA) is 70.7 Å². The summed E-state index contributed by atoms with van der Waals surface area (Å²) < 4.78 is 25.4. The molecule has 4 rings (SSSR count). The van der Waals surface area contributed by atoms with Gasteiger partial charge in [0.2, 0.25) is 0 Å². The van der Waals surface area contributed by atoms with Crippen LogP contribution in [0, 0.1) is 6.92 Å². The highest BCUT2D eigenvalue weighted by molar-refractivity contribution is 7.99. The first kappa shape index (κ1) is 18.6. The largest absolute Gasteiger partial charge is 0.358 e. The quantitative estimate of drug-likeness (QED) is 0.418. The normalized spacial score (nSPS) is 11.3. The average Bonchev–Trinajstić information content (AvgIpc) is 3.24. The number of rotatable bonds is 5. The maximum absolute atomic E-state index is 12.7. The van der Waals surface area contributed by atoms with Crippen LogP contribution in [0.2, 0.25) is 0 Å². The van der Waals surface area contributed by atoms with Crippen LogP contribution in [0.3, 0.4) is 0 Å². The molecule has 3 heterocycles. The van der Waals surface area contributed by atoms with Crippen LogP contribution in [0.1, 0.15) is 16.1 Å². The van der Waals surface area contributed by atoms with Crippen LogP contribution in [0.25, 0.3) is 22.2 Å². The van der Waals surface area contributed by atoms with E-state index < -0.39 is 11.7 Å². The van der Waals surface area contributed by atoms with Crippen molar-refractivity contribution in [1.82, 2.24) is 15.0 Å². The molecule has 0 saturated carbocycles. The summed E-state index contributed by atoms with van der Waals surface area (Å²) in [4.78, 5) is 24.3. The maximum atomic E-state index is 12.7. The van der Waals surface area contributed by atoms with Gasteiger partial charge in [-0.25, -0.2) is 9.97 Å². The van der Waals surface area contributed by atoms with Gasteiger partial charge >= 0.3 is 0 Å². The average molecular weight is 416 g/mol. The van der Waals surface area contributed by atoms with Gasteiger partial charge in [0.05, 0.1) is 11.3 Å². The predicted molar refractivity (Wildman–Crippen MR) is 108 cm³/mol. The molecule has 28 heavy (non-hydrogen) atoms. The number of H-pyrrole nitrogens is 1. The van der Waals surface area contributed by atoms with E-state index in [1.165, 1.54) is 29.7 Å². The number of nitrogens with one attached hydrogen (secondary N) is 2. The number of hydrogen-bond donors (Lipinski definition) is 2. The van der Waals surface area contributed by atoms with Gasteiger partial charge in [0.15, 0.2) is 5.13 Å². The molecule has 0 unspecified atom stereocenters. The molecule has 3 aromatic heterocycles. The third kappa shape index (κ3) is 3.63. The molecular weight excluding hydrogens is 402 g/mol. The van der Waals surface area contributed by atoms with Crippen LogP contribution in [0.5, 0.6) is 0 Å². The maximum Gasteiger partial charge on any atom is 0.290 e. The number of hydrogen-bond acceptors (Lipinski definition) is 5. The molecule has 0 aliphatic rings. The predicted octanol–water partition coefficient (Wildman–Crippen LogP) is 5.56. The molecule has 9 heteroatoms. The van der Waals surface area contributed by atoms with Crippen molar-refractivity contribution >= 4 is 45.0 Å². The first-order chi connectivity index (χ1) is 13.5. The molecule has 142 valence electrons. The number of carbonyl (C=O) groups is 1. The minimum Gasteiger partial charge on any atom is -0.358 e. The van der Waals surface area contributed by atoms with Crippen LogP contribution in [0.15, 0.2) is 53.0 Å². The van der Waals surface area contributed by atoms with Crippen LogP contribution in [-0.4, -0.2) is 26.6 Å². The van der Waals surface area contributed by atoms with E-state index in [1.807, 2.05) is 36.6 Å². The van der Waals surface area contributed by atoms with Gasteiger partial charge in [-0.3, -0.25) is 10.1 Å². The number of para-hydroxylation sites is 1. The van der Waals surface area contributed by atoms with Crippen LogP contribution in [0.4, 0.5) is 13.9 Å². The summed E-state index contributed by atoms with van der Waals surface area (Å²) in [5.41, 5.74) is 3.80. The van der Waals surface area contributed by atoms with Gasteiger partial charge in [-0.2, -0.15) is 8.78 Å². The smallest absolute Gasteiger partial charge is 0.290 e. The Balaban J connectivity index is 1.61. The summed E-state index contributed by atoms with van der Waals surface area (Å²) in [6.45, 7) is 1.97. The monoisotopic (exact) mass is 416 g/mol. The molecule has 0 radical (unpaired) electrons. The Hall–Kier alpha value is -2.78. The van der Waals surface area contributed by atoms with E-state index in [-0.39, 0.29) is 22.4 Å². The number of aryl methyl sites for hydroxylation is 1. The first-order valence-electron chi connectivity index (χ1n) is 8.27. The van der Waals surface area contributed by atoms with Gasteiger partial charge in [-0.1, -0.05) is 18.2 Å². The second-order valence-electron chi connectivity index (χ2n) is 5.90. The minimum atomic E-state index is -2.65. The lowest BCUT2D eigenvalue weighted by Gasteiger charge is -2.06. The molecular formula is C19H14F2N4OS2. The van der Waals surface area contributed by atoms with Gasteiger partial charge in [-0.15, -0.1) is 11.3 Å². The van der Waals surface area contributed by atoms with Crippen molar-refractivity contribution in [2.45, 2.75) is 17.7 Å². The van der Waals surface area contributed by atoms with Crippen molar-refractivity contribution in [3.05, 3.63) is 59.2 Å². The van der Waals surface area contributed by atoms with Crippen LogP contribution in [-0.2, 0) is 0 Å². The molecule has 0 spiro atoms. The van der Waals surface area contributed by atoms with Gasteiger partial charge in [0, 0.05) is 33.7 Å².